The number of fused-ring (bicyclic) bond motifs is 1. The number of halogens is 2. The van der Waals surface area contributed by atoms with Crippen LogP contribution in [0.2, 0.25) is 0 Å². The van der Waals surface area contributed by atoms with Gasteiger partial charge in [0.2, 0.25) is 0 Å². The van der Waals surface area contributed by atoms with E-state index in [9.17, 15) is 0 Å². The first-order valence-corrected chi connectivity index (χ1v) is 5.45. The molecule has 1 aromatic rings. The molecule has 2 atom stereocenters. The molecule has 2 unspecified atom stereocenters. The van der Waals surface area contributed by atoms with Crippen LogP contribution in [0.25, 0.3) is 0 Å². The normalized spacial score (nSPS) is 27.2. The van der Waals surface area contributed by atoms with Crippen LogP contribution in [0, 0.1) is 0 Å². The van der Waals surface area contributed by atoms with Crippen LogP contribution in [0.5, 0.6) is 0 Å². The number of nitrogens with one attached hydrogen (secondary N) is 1. The Balaban J connectivity index is 0.000000640. The lowest BCUT2D eigenvalue weighted by Gasteiger charge is -2.44. The number of rotatable bonds is 2. The molecule has 0 aliphatic carbocycles. The Morgan fingerprint density at radius 2 is 1.94 bits per heavy atom. The lowest BCUT2D eigenvalue weighted by molar-refractivity contribution is 0.0653. The van der Waals surface area contributed by atoms with Crippen molar-refractivity contribution >= 4 is 24.8 Å². The van der Waals surface area contributed by atoms with Crippen molar-refractivity contribution in [3.05, 3.63) is 35.9 Å². The Morgan fingerprint density at radius 1 is 1.19 bits per heavy atom. The van der Waals surface area contributed by atoms with Crippen LogP contribution < -0.4 is 5.32 Å². The summed E-state index contributed by atoms with van der Waals surface area (Å²) in [5, 5.41) is 3.53. The lowest BCUT2D eigenvalue weighted by atomic mass is 9.97. The standard InChI is InChI=1S/C12H16N2.2ClH/c1-2-4-10(5-3-1)8-14-9-11-12(14)6-7-13-11;;/h1-5,11-13H,6-9H2;2*1H. The van der Waals surface area contributed by atoms with Crippen LogP contribution in [0.4, 0.5) is 0 Å². The lowest BCUT2D eigenvalue weighted by Crippen LogP contribution is -2.60. The molecule has 90 valence electrons. The Labute approximate surface area is 109 Å². The molecule has 1 aromatic carbocycles. The number of likely N-dealkylation sites (tertiary alicyclic amines) is 1. The van der Waals surface area contributed by atoms with Gasteiger partial charge < -0.3 is 5.32 Å². The number of hydrogen-bond acceptors (Lipinski definition) is 2. The minimum absolute atomic E-state index is 0. The van der Waals surface area contributed by atoms with E-state index in [2.05, 4.69) is 40.5 Å². The summed E-state index contributed by atoms with van der Waals surface area (Å²) in [7, 11) is 0. The third-order valence-corrected chi connectivity index (χ3v) is 3.44. The summed E-state index contributed by atoms with van der Waals surface area (Å²) in [6.07, 6.45) is 1.33. The van der Waals surface area contributed by atoms with Gasteiger partial charge in [-0.3, -0.25) is 4.90 Å². The Morgan fingerprint density at radius 3 is 2.62 bits per heavy atom. The van der Waals surface area contributed by atoms with E-state index >= 15 is 0 Å². The number of benzene rings is 1. The highest BCUT2D eigenvalue weighted by Gasteiger charge is 2.41. The molecular formula is C12H18Cl2N2. The van der Waals surface area contributed by atoms with Gasteiger partial charge in [-0.1, -0.05) is 30.3 Å². The van der Waals surface area contributed by atoms with Crippen LogP contribution in [-0.2, 0) is 6.54 Å². The van der Waals surface area contributed by atoms with Crippen molar-refractivity contribution in [3.63, 3.8) is 0 Å². The third kappa shape index (κ3) is 2.51. The molecule has 0 bridgehead atoms. The van der Waals surface area contributed by atoms with Crippen molar-refractivity contribution < 1.29 is 0 Å². The summed E-state index contributed by atoms with van der Waals surface area (Å²) in [6, 6.07) is 12.4. The number of nitrogens with zero attached hydrogens (tertiary/aromatic N) is 1. The first kappa shape index (κ1) is 13.8. The van der Waals surface area contributed by atoms with Gasteiger partial charge >= 0.3 is 0 Å². The highest BCUT2D eigenvalue weighted by Crippen LogP contribution is 2.27. The van der Waals surface area contributed by atoms with Crippen molar-refractivity contribution in [1.82, 2.24) is 10.2 Å². The highest BCUT2D eigenvalue weighted by molar-refractivity contribution is 5.85. The van der Waals surface area contributed by atoms with E-state index < -0.39 is 0 Å². The van der Waals surface area contributed by atoms with Gasteiger partial charge in [0.25, 0.3) is 0 Å². The van der Waals surface area contributed by atoms with Crippen molar-refractivity contribution in [3.8, 4) is 0 Å². The summed E-state index contributed by atoms with van der Waals surface area (Å²) >= 11 is 0. The fraction of sp³-hybridized carbons (Fsp3) is 0.500. The molecule has 0 saturated carbocycles. The van der Waals surface area contributed by atoms with E-state index in [1.54, 1.807) is 0 Å². The Hall–Kier alpha value is -0.280. The zero-order valence-electron chi connectivity index (χ0n) is 9.13. The molecule has 2 saturated heterocycles. The second-order valence-electron chi connectivity index (χ2n) is 4.33. The Kier molecular flexibility index (Phi) is 5.06. The molecule has 0 radical (unpaired) electrons. The highest BCUT2D eigenvalue weighted by atomic mass is 35.5. The summed E-state index contributed by atoms with van der Waals surface area (Å²) < 4.78 is 0. The molecule has 0 spiro atoms. The maximum atomic E-state index is 3.53. The van der Waals surface area contributed by atoms with E-state index in [0.29, 0.717) is 0 Å². The smallest absolute Gasteiger partial charge is 0.0352 e. The molecule has 2 aliphatic heterocycles. The van der Waals surface area contributed by atoms with Crippen molar-refractivity contribution in [2.45, 2.75) is 25.0 Å². The molecule has 4 heteroatoms. The van der Waals surface area contributed by atoms with E-state index in [0.717, 1.165) is 18.6 Å². The minimum atomic E-state index is 0. The van der Waals surface area contributed by atoms with Gasteiger partial charge in [0, 0.05) is 25.2 Å². The van der Waals surface area contributed by atoms with Crippen molar-refractivity contribution in [2.75, 3.05) is 13.1 Å². The van der Waals surface area contributed by atoms with E-state index in [1.165, 1.54) is 25.1 Å². The minimum Gasteiger partial charge on any atom is -0.311 e. The van der Waals surface area contributed by atoms with Crippen LogP contribution in [0.1, 0.15) is 12.0 Å². The van der Waals surface area contributed by atoms with Crippen LogP contribution in [-0.4, -0.2) is 30.1 Å². The molecule has 2 aliphatic rings. The van der Waals surface area contributed by atoms with Crippen molar-refractivity contribution in [1.29, 1.82) is 0 Å². The molecule has 0 aromatic heterocycles. The second kappa shape index (κ2) is 5.87. The van der Waals surface area contributed by atoms with E-state index in [-0.39, 0.29) is 24.8 Å². The molecule has 2 nitrogen and oxygen atoms in total. The van der Waals surface area contributed by atoms with Crippen LogP contribution >= 0.6 is 24.8 Å². The molecular weight excluding hydrogens is 243 g/mol. The Bertz CT molecular complexity index is 318. The van der Waals surface area contributed by atoms with Gasteiger partial charge in [0.05, 0.1) is 0 Å². The summed E-state index contributed by atoms with van der Waals surface area (Å²) in [5.74, 6) is 0. The maximum absolute atomic E-state index is 3.53. The van der Waals surface area contributed by atoms with Gasteiger partial charge in [0.15, 0.2) is 0 Å². The molecule has 2 heterocycles. The van der Waals surface area contributed by atoms with Gasteiger partial charge in [0.1, 0.15) is 0 Å². The topological polar surface area (TPSA) is 15.3 Å². The SMILES string of the molecule is Cl.Cl.c1ccc(CN2CC3NCCC32)cc1. The average molecular weight is 261 g/mol. The zero-order valence-corrected chi connectivity index (χ0v) is 10.8. The summed E-state index contributed by atoms with van der Waals surface area (Å²) in [4.78, 5) is 2.58. The molecule has 2 fully saturated rings. The zero-order chi connectivity index (χ0) is 9.38. The largest absolute Gasteiger partial charge is 0.311 e. The predicted molar refractivity (Wildman–Crippen MR) is 71.5 cm³/mol. The fourth-order valence-corrected chi connectivity index (χ4v) is 2.63. The second-order valence-corrected chi connectivity index (χ2v) is 4.33. The third-order valence-electron chi connectivity index (χ3n) is 3.44. The fourth-order valence-electron chi connectivity index (χ4n) is 2.63. The molecule has 0 amide bonds. The monoisotopic (exact) mass is 260 g/mol. The average Bonchev–Trinajstić information content (AvgIpc) is 2.58. The number of hydrogen-bond donors (Lipinski definition) is 1. The van der Waals surface area contributed by atoms with Crippen molar-refractivity contribution in [2.24, 2.45) is 0 Å². The van der Waals surface area contributed by atoms with Gasteiger partial charge in [-0.15, -0.1) is 24.8 Å². The summed E-state index contributed by atoms with van der Waals surface area (Å²) in [5.41, 5.74) is 1.44. The molecule has 3 rings (SSSR count). The van der Waals surface area contributed by atoms with E-state index in [1.807, 2.05) is 0 Å². The van der Waals surface area contributed by atoms with E-state index in [4.69, 9.17) is 0 Å². The first-order valence-electron chi connectivity index (χ1n) is 5.45. The summed E-state index contributed by atoms with van der Waals surface area (Å²) in [6.45, 7) is 3.57. The van der Waals surface area contributed by atoms with Crippen LogP contribution in [0.15, 0.2) is 30.3 Å². The molecule has 1 N–H and O–H groups in total. The van der Waals surface area contributed by atoms with Gasteiger partial charge in [-0.25, -0.2) is 0 Å². The quantitative estimate of drug-likeness (QED) is 0.876. The predicted octanol–water partition coefficient (Wildman–Crippen LogP) is 2.08. The van der Waals surface area contributed by atoms with Gasteiger partial charge in [-0.05, 0) is 18.5 Å². The maximum Gasteiger partial charge on any atom is 0.0352 e. The first-order chi connectivity index (χ1) is 6.93. The van der Waals surface area contributed by atoms with Gasteiger partial charge in [-0.2, -0.15) is 0 Å². The van der Waals surface area contributed by atoms with Crippen LogP contribution in [0.3, 0.4) is 0 Å². The molecule has 16 heavy (non-hydrogen) atoms.